The van der Waals surface area contributed by atoms with Crippen molar-refractivity contribution in [2.24, 2.45) is 0 Å². The van der Waals surface area contributed by atoms with Gasteiger partial charge in [-0.15, -0.1) is 11.3 Å². The number of halogens is 1. The first-order chi connectivity index (χ1) is 8.92. The molecular weight excluding hydrogens is 356 g/mol. The Labute approximate surface area is 124 Å². The summed E-state index contributed by atoms with van der Waals surface area (Å²) in [6.07, 6.45) is 0.682. The zero-order valence-corrected chi connectivity index (χ0v) is 13.7. The van der Waals surface area contributed by atoms with E-state index in [1.165, 1.54) is 13.2 Å². The second-order valence-corrected chi connectivity index (χ2v) is 7.70. The van der Waals surface area contributed by atoms with Crippen LogP contribution in [0.5, 0.6) is 0 Å². The minimum absolute atomic E-state index is 0.0577. The summed E-state index contributed by atoms with van der Waals surface area (Å²) in [5.41, 5.74) is 0. The van der Waals surface area contributed by atoms with E-state index in [0.29, 0.717) is 16.8 Å². The van der Waals surface area contributed by atoms with Crippen molar-refractivity contribution < 1.29 is 17.9 Å². The van der Waals surface area contributed by atoms with Gasteiger partial charge in [0.2, 0.25) is 10.0 Å². The highest BCUT2D eigenvalue weighted by Gasteiger charge is 2.23. The number of nitrogens with one attached hydrogen (secondary N) is 2. The summed E-state index contributed by atoms with van der Waals surface area (Å²) in [4.78, 5) is 11.6. The highest BCUT2D eigenvalue weighted by Crippen LogP contribution is 2.31. The lowest BCUT2D eigenvalue weighted by Gasteiger charge is -2.05. The fourth-order valence-electron chi connectivity index (χ4n) is 1.29. The lowest BCUT2D eigenvalue weighted by atomic mass is 10.4. The quantitative estimate of drug-likeness (QED) is 0.556. The van der Waals surface area contributed by atoms with Crippen molar-refractivity contribution in [3.05, 3.63) is 14.7 Å². The predicted molar refractivity (Wildman–Crippen MR) is 77.1 cm³/mol. The summed E-state index contributed by atoms with van der Waals surface area (Å²) >= 11 is 4.18. The molecular formula is C10H15BrN2O4S2. The molecule has 6 nitrogen and oxygen atoms in total. The number of sulfonamides is 1. The van der Waals surface area contributed by atoms with Gasteiger partial charge in [-0.05, 0) is 42.0 Å². The Morgan fingerprint density at radius 3 is 2.74 bits per heavy atom. The van der Waals surface area contributed by atoms with Crippen LogP contribution < -0.4 is 10.0 Å². The first-order valence-corrected chi connectivity index (χ1v) is 8.53. The van der Waals surface area contributed by atoms with E-state index in [9.17, 15) is 13.2 Å². The topological polar surface area (TPSA) is 84.5 Å². The zero-order valence-electron chi connectivity index (χ0n) is 10.5. The third-order valence-electron chi connectivity index (χ3n) is 2.23. The Hall–Kier alpha value is -0.480. The van der Waals surface area contributed by atoms with Gasteiger partial charge >= 0.3 is 5.97 Å². The minimum atomic E-state index is -3.61. The van der Waals surface area contributed by atoms with Crippen LogP contribution in [-0.4, -0.2) is 41.6 Å². The van der Waals surface area contributed by atoms with Gasteiger partial charge in [-0.1, -0.05) is 0 Å². The summed E-state index contributed by atoms with van der Waals surface area (Å²) in [5.74, 6) is -0.553. The molecule has 1 aromatic heterocycles. The number of carbonyl (C=O) groups is 1. The van der Waals surface area contributed by atoms with Gasteiger partial charge in [-0.25, -0.2) is 17.9 Å². The molecule has 9 heteroatoms. The Kier molecular flexibility index (Phi) is 6.40. The monoisotopic (exact) mass is 370 g/mol. The van der Waals surface area contributed by atoms with Crippen LogP contribution in [-0.2, 0) is 14.8 Å². The van der Waals surface area contributed by atoms with Crippen LogP contribution in [0.4, 0.5) is 0 Å². The molecule has 1 aromatic rings. The molecule has 0 fully saturated rings. The lowest BCUT2D eigenvalue weighted by molar-refractivity contribution is 0.0606. The maximum atomic E-state index is 12.0. The van der Waals surface area contributed by atoms with Crippen molar-refractivity contribution in [3.63, 3.8) is 0 Å². The van der Waals surface area contributed by atoms with Crippen molar-refractivity contribution in [1.29, 1.82) is 0 Å². The first-order valence-electron chi connectivity index (χ1n) is 5.44. The van der Waals surface area contributed by atoms with E-state index in [0.717, 1.165) is 17.9 Å². The average Bonchev–Trinajstić information content (AvgIpc) is 2.76. The third kappa shape index (κ3) is 4.53. The number of rotatable bonds is 7. The van der Waals surface area contributed by atoms with Crippen LogP contribution in [0, 0.1) is 0 Å². The van der Waals surface area contributed by atoms with Crippen LogP contribution in [0.3, 0.4) is 0 Å². The van der Waals surface area contributed by atoms with Crippen molar-refractivity contribution in [1.82, 2.24) is 10.0 Å². The fraction of sp³-hybridized carbons (Fsp3) is 0.500. The fourth-order valence-corrected chi connectivity index (χ4v) is 4.84. The Morgan fingerprint density at radius 1 is 1.47 bits per heavy atom. The van der Waals surface area contributed by atoms with E-state index in [4.69, 9.17) is 0 Å². The molecule has 0 amide bonds. The predicted octanol–water partition coefficient (Wildman–Crippen LogP) is 1.18. The molecule has 19 heavy (non-hydrogen) atoms. The largest absolute Gasteiger partial charge is 0.465 e. The van der Waals surface area contributed by atoms with Crippen LogP contribution in [0.2, 0.25) is 0 Å². The van der Waals surface area contributed by atoms with Crippen molar-refractivity contribution in [2.75, 3.05) is 27.2 Å². The van der Waals surface area contributed by atoms with E-state index in [1.807, 2.05) is 0 Å². The molecule has 0 bridgehead atoms. The van der Waals surface area contributed by atoms with Crippen LogP contribution in [0.25, 0.3) is 0 Å². The molecule has 0 spiro atoms. The van der Waals surface area contributed by atoms with E-state index in [-0.39, 0.29) is 9.77 Å². The summed E-state index contributed by atoms with van der Waals surface area (Å²) in [7, 11) is -0.566. The standard InChI is InChI=1S/C10H15BrN2O4S2/c1-12-4-3-5-13-19(15,16)8-6-7(10(14)17-2)18-9(8)11/h6,12-13H,3-5H2,1-2H3. The average molecular weight is 371 g/mol. The summed E-state index contributed by atoms with van der Waals surface area (Å²) in [6, 6.07) is 1.31. The number of thiophene rings is 1. The van der Waals surface area contributed by atoms with Gasteiger partial charge < -0.3 is 10.1 Å². The second-order valence-electron chi connectivity index (χ2n) is 3.60. The van der Waals surface area contributed by atoms with Gasteiger partial charge in [0.1, 0.15) is 9.77 Å². The summed E-state index contributed by atoms with van der Waals surface area (Å²) in [5, 5.41) is 2.93. The van der Waals surface area contributed by atoms with Crippen molar-refractivity contribution >= 4 is 43.3 Å². The van der Waals surface area contributed by atoms with E-state index < -0.39 is 16.0 Å². The SMILES string of the molecule is CNCCCNS(=O)(=O)c1cc(C(=O)OC)sc1Br. The number of carbonyl (C=O) groups excluding carboxylic acids is 1. The maximum absolute atomic E-state index is 12.0. The van der Waals surface area contributed by atoms with Crippen molar-refractivity contribution in [2.45, 2.75) is 11.3 Å². The van der Waals surface area contributed by atoms with Gasteiger partial charge in [0, 0.05) is 6.54 Å². The van der Waals surface area contributed by atoms with Gasteiger partial charge in [0.25, 0.3) is 0 Å². The number of hydrogen-bond acceptors (Lipinski definition) is 6. The molecule has 108 valence electrons. The van der Waals surface area contributed by atoms with Crippen LogP contribution in [0.1, 0.15) is 16.1 Å². The molecule has 1 rings (SSSR count). The molecule has 0 aliphatic carbocycles. The molecule has 0 radical (unpaired) electrons. The Balaban J connectivity index is 2.83. The van der Waals surface area contributed by atoms with Gasteiger partial charge in [0.15, 0.2) is 0 Å². The Morgan fingerprint density at radius 2 is 2.16 bits per heavy atom. The van der Waals surface area contributed by atoms with E-state index >= 15 is 0 Å². The second kappa shape index (κ2) is 7.34. The molecule has 1 heterocycles. The van der Waals surface area contributed by atoms with Gasteiger partial charge in [-0.3, -0.25) is 0 Å². The molecule has 0 aromatic carbocycles. The smallest absolute Gasteiger partial charge is 0.348 e. The van der Waals surface area contributed by atoms with Crippen LogP contribution in [0.15, 0.2) is 14.7 Å². The highest BCUT2D eigenvalue weighted by molar-refractivity contribution is 9.11. The third-order valence-corrected chi connectivity index (χ3v) is 5.92. The van der Waals surface area contributed by atoms with E-state index in [2.05, 4.69) is 30.7 Å². The van der Waals surface area contributed by atoms with Gasteiger partial charge in [-0.2, -0.15) is 0 Å². The number of esters is 1. The molecule has 2 N–H and O–H groups in total. The molecule has 0 aliphatic rings. The highest BCUT2D eigenvalue weighted by atomic mass is 79.9. The maximum Gasteiger partial charge on any atom is 0.348 e. The van der Waals surface area contributed by atoms with Gasteiger partial charge in [0.05, 0.1) is 10.9 Å². The molecule has 0 saturated carbocycles. The zero-order chi connectivity index (χ0) is 14.5. The summed E-state index contributed by atoms with van der Waals surface area (Å²) < 4.78 is 31.5. The lowest BCUT2D eigenvalue weighted by Crippen LogP contribution is -2.26. The molecule has 0 aliphatic heterocycles. The molecule has 0 saturated heterocycles. The number of methoxy groups -OCH3 is 1. The van der Waals surface area contributed by atoms with Crippen molar-refractivity contribution in [3.8, 4) is 0 Å². The summed E-state index contributed by atoms with van der Waals surface area (Å²) in [6.45, 7) is 1.06. The normalized spacial score (nSPS) is 11.5. The molecule has 0 atom stereocenters. The van der Waals surface area contributed by atoms with E-state index in [1.54, 1.807) is 7.05 Å². The Bertz CT molecular complexity index is 542. The first kappa shape index (κ1) is 16.6. The number of hydrogen-bond donors (Lipinski definition) is 2. The van der Waals surface area contributed by atoms with Crippen LogP contribution >= 0.6 is 27.3 Å². The minimum Gasteiger partial charge on any atom is -0.465 e. The molecule has 0 unspecified atom stereocenters. The number of ether oxygens (including phenoxy) is 1.